The van der Waals surface area contributed by atoms with E-state index in [1.807, 2.05) is 90.7 Å². The summed E-state index contributed by atoms with van der Waals surface area (Å²) >= 11 is 12.6. The van der Waals surface area contributed by atoms with Crippen LogP contribution in [-0.2, 0) is 6.54 Å². The van der Waals surface area contributed by atoms with Gasteiger partial charge in [0.2, 0.25) is 0 Å². The monoisotopic (exact) mass is 610 g/mol. The molecule has 3 aromatic carbocycles. The number of aromatic amines is 1. The summed E-state index contributed by atoms with van der Waals surface area (Å²) in [6.45, 7) is 8.99. The molecule has 0 saturated carbocycles. The third kappa shape index (κ3) is 5.58. The number of anilines is 1. The lowest BCUT2D eigenvalue weighted by Gasteiger charge is -2.19. The zero-order valence-corrected chi connectivity index (χ0v) is 25.9. The predicted octanol–water partition coefficient (Wildman–Crippen LogP) is 9.03. The van der Waals surface area contributed by atoms with Crippen molar-refractivity contribution in [2.75, 3.05) is 5.32 Å². The first-order valence-corrected chi connectivity index (χ1v) is 15.0. The second-order valence-corrected chi connectivity index (χ2v) is 12.1. The molecule has 3 heterocycles. The summed E-state index contributed by atoms with van der Waals surface area (Å²) in [6.07, 6.45) is 3.62. The van der Waals surface area contributed by atoms with E-state index in [0.29, 0.717) is 34.0 Å². The van der Waals surface area contributed by atoms with Gasteiger partial charge in [-0.15, -0.1) is 0 Å². The Morgan fingerprint density at radius 3 is 2.42 bits per heavy atom. The third-order valence-electron chi connectivity index (χ3n) is 7.63. The van der Waals surface area contributed by atoms with Crippen LogP contribution in [0, 0.1) is 12.8 Å². The molecule has 3 aromatic heterocycles. The van der Waals surface area contributed by atoms with Crippen LogP contribution in [0.25, 0.3) is 33.4 Å². The number of H-pyrrole nitrogens is 1. The number of imidazole rings is 1. The molecule has 0 saturated heterocycles. The molecule has 6 aromatic rings. The highest BCUT2D eigenvalue weighted by Gasteiger charge is 2.28. The van der Waals surface area contributed by atoms with Crippen LogP contribution in [0.4, 0.5) is 5.82 Å². The molecule has 0 unspecified atom stereocenters. The van der Waals surface area contributed by atoms with E-state index in [4.69, 9.17) is 28.2 Å². The highest BCUT2D eigenvalue weighted by molar-refractivity contribution is 6.31. The van der Waals surface area contributed by atoms with Gasteiger partial charge >= 0.3 is 0 Å². The van der Waals surface area contributed by atoms with E-state index >= 15 is 0 Å². The molecule has 0 aliphatic heterocycles. The molecule has 0 fully saturated rings. The molecule has 0 spiro atoms. The molecule has 9 heteroatoms. The highest BCUT2D eigenvalue weighted by Crippen LogP contribution is 2.41. The lowest BCUT2D eigenvalue weighted by Crippen LogP contribution is -2.19. The van der Waals surface area contributed by atoms with Gasteiger partial charge in [0.15, 0.2) is 0 Å². The number of benzene rings is 3. The van der Waals surface area contributed by atoms with E-state index in [2.05, 4.69) is 40.7 Å². The number of aromatic nitrogens is 5. The lowest BCUT2D eigenvalue weighted by atomic mass is 9.99. The SMILES string of the molecule is Cc1cnn(CC(C)C)c1NC(=O)c1[nH]c2cc(Cl)ccc2c1-c1c(-c2ccccc2)ncn1[C@@H](C)c1ccc(Cl)cc1. The van der Waals surface area contributed by atoms with Gasteiger partial charge in [-0.05, 0) is 49.6 Å². The van der Waals surface area contributed by atoms with Gasteiger partial charge in [0.05, 0.1) is 30.0 Å². The van der Waals surface area contributed by atoms with Crippen molar-refractivity contribution in [3.8, 4) is 22.5 Å². The van der Waals surface area contributed by atoms with Gasteiger partial charge in [-0.2, -0.15) is 5.10 Å². The van der Waals surface area contributed by atoms with Crippen LogP contribution in [0.3, 0.4) is 0 Å². The third-order valence-corrected chi connectivity index (χ3v) is 8.11. The Balaban J connectivity index is 1.57. The molecule has 1 amide bonds. The summed E-state index contributed by atoms with van der Waals surface area (Å²) in [6, 6.07) is 23.3. The van der Waals surface area contributed by atoms with E-state index in [9.17, 15) is 4.79 Å². The maximum atomic E-state index is 14.2. The van der Waals surface area contributed by atoms with Crippen molar-refractivity contribution in [3.63, 3.8) is 0 Å². The number of nitrogens with zero attached hydrogens (tertiary/aromatic N) is 4. The number of carbonyl (C=O) groups is 1. The maximum Gasteiger partial charge on any atom is 0.273 e. The fraction of sp³-hybridized carbons (Fsp3) is 0.206. The molecule has 218 valence electrons. The number of halogens is 2. The second kappa shape index (κ2) is 11.7. The Bertz CT molecular complexity index is 1920. The number of rotatable bonds is 8. The quantitative estimate of drug-likeness (QED) is 0.180. The molecular formula is C34H32Cl2N6O. The minimum atomic E-state index is -0.276. The first-order chi connectivity index (χ1) is 20.7. The number of hydrogen-bond donors (Lipinski definition) is 2. The van der Waals surface area contributed by atoms with Crippen molar-refractivity contribution in [2.24, 2.45) is 5.92 Å². The fourth-order valence-corrected chi connectivity index (χ4v) is 5.79. The van der Waals surface area contributed by atoms with Crippen LogP contribution in [0.15, 0.2) is 85.3 Å². The standard InChI is InChI=1S/C34H32Cl2N6O/c1-20(2)18-42-33(21(3)17-38-42)40-34(43)31-29(27-15-14-26(36)16-28(27)39-31)32-30(24-8-6-5-7-9-24)37-19-41(32)22(4)23-10-12-25(35)13-11-23/h5-17,19-20,22,39H,18H2,1-4H3,(H,40,43)/t22-/m0/s1. The summed E-state index contributed by atoms with van der Waals surface area (Å²) < 4.78 is 3.97. The largest absolute Gasteiger partial charge is 0.350 e. The smallest absolute Gasteiger partial charge is 0.273 e. The normalized spacial score (nSPS) is 12.3. The Labute approximate surface area is 260 Å². The summed E-state index contributed by atoms with van der Waals surface area (Å²) in [5.41, 5.74) is 6.40. The van der Waals surface area contributed by atoms with Crippen LogP contribution < -0.4 is 5.32 Å². The van der Waals surface area contributed by atoms with E-state index in [1.54, 1.807) is 6.20 Å². The zero-order chi connectivity index (χ0) is 30.2. The van der Waals surface area contributed by atoms with E-state index in [-0.39, 0.29) is 11.9 Å². The van der Waals surface area contributed by atoms with Crippen molar-refractivity contribution in [2.45, 2.75) is 40.3 Å². The molecular weight excluding hydrogens is 579 g/mol. The zero-order valence-electron chi connectivity index (χ0n) is 24.4. The maximum absolute atomic E-state index is 14.2. The molecule has 0 radical (unpaired) electrons. The van der Waals surface area contributed by atoms with E-state index < -0.39 is 0 Å². The number of hydrogen-bond acceptors (Lipinski definition) is 3. The summed E-state index contributed by atoms with van der Waals surface area (Å²) in [5, 5.41) is 9.78. The number of aryl methyl sites for hydroxylation is 1. The van der Waals surface area contributed by atoms with Crippen LogP contribution in [0.2, 0.25) is 10.0 Å². The number of nitrogens with one attached hydrogen (secondary N) is 2. The van der Waals surface area contributed by atoms with Crippen LogP contribution >= 0.6 is 23.2 Å². The molecule has 0 bridgehead atoms. The number of amides is 1. The molecule has 0 aliphatic carbocycles. The molecule has 1 atom stereocenters. The highest BCUT2D eigenvalue weighted by atomic mass is 35.5. The number of carbonyl (C=O) groups excluding carboxylic acids is 1. The van der Waals surface area contributed by atoms with Crippen LogP contribution in [0.5, 0.6) is 0 Å². The lowest BCUT2D eigenvalue weighted by molar-refractivity contribution is 0.102. The topological polar surface area (TPSA) is 80.5 Å². The van der Waals surface area contributed by atoms with Gasteiger partial charge in [0, 0.05) is 44.2 Å². The van der Waals surface area contributed by atoms with Crippen molar-refractivity contribution in [1.82, 2.24) is 24.3 Å². The van der Waals surface area contributed by atoms with Crippen molar-refractivity contribution in [3.05, 3.63) is 112 Å². The Morgan fingerprint density at radius 1 is 0.977 bits per heavy atom. The Kier molecular flexibility index (Phi) is 7.86. The Morgan fingerprint density at radius 2 is 1.70 bits per heavy atom. The molecule has 7 nitrogen and oxygen atoms in total. The molecule has 0 aliphatic rings. The van der Waals surface area contributed by atoms with Gasteiger partial charge in [-0.25, -0.2) is 9.67 Å². The molecule has 43 heavy (non-hydrogen) atoms. The second-order valence-electron chi connectivity index (χ2n) is 11.2. The average molecular weight is 612 g/mol. The predicted molar refractivity (Wildman–Crippen MR) is 175 cm³/mol. The fourth-order valence-electron chi connectivity index (χ4n) is 5.49. The van der Waals surface area contributed by atoms with Crippen molar-refractivity contribution in [1.29, 1.82) is 0 Å². The van der Waals surface area contributed by atoms with Crippen molar-refractivity contribution < 1.29 is 4.79 Å². The van der Waals surface area contributed by atoms with Gasteiger partial charge in [-0.1, -0.05) is 85.6 Å². The van der Waals surface area contributed by atoms with Gasteiger partial charge in [-0.3, -0.25) is 4.79 Å². The minimum Gasteiger partial charge on any atom is -0.350 e. The number of fused-ring (bicyclic) bond motifs is 1. The van der Waals surface area contributed by atoms with Gasteiger partial charge < -0.3 is 14.9 Å². The minimum absolute atomic E-state index is 0.111. The molecule has 2 N–H and O–H groups in total. The molecule has 6 rings (SSSR count). The van der Waals surface area contributed by atoms with Crippen molar-refractivity contribution >= 4 is 45.8 Å². The van der Waals surface area contributed by atoms with E-state index in [1.165, 1.54) is 0 Å². The van der Waals surface area contributed by atoms with Gasteiger partial charge in [0.1, 0.15) is 11.5 Å². The summed E-state index contributed by atoms with van der Waals surface area (Å²) in [5.74, 6) is 0.757. The first kappa shape index (κ1) is 28.8. The Hall–Kier alpha value is -4.33. The van der Waals surface area contributed by atoms with Crippen LogP contribution in [-0.4, -0.2) is 30.2 Å². The summed E-state index contributed by atoms with van der Waals surface area (Å²) in [4.78, 5) is 22.6. The average Bonchev–Trinajstić information content (AvgIpc) is 3.68. The van der Waals surface area contributed by atoms with Gasteiger partial charge in [0.25, 0.3) is 5.91 Å². The first-order valence-electron chi connectivity index (χ1n) is 14.2. The van der Waals surface area contributed by atoms with E-state index in [0.717, 1.165) is 44.5 Å². The van der Waals surface area contributed by atoms with Crippen LogP contribution in [0.1, 0.15) is 48.4 Å². The summed E-state index contributed by atoms with van der Waals surface area (Å²) in [7, 11) is 0.